The molecule has 0 amide bonds. The van der Waals surface area contributed by atoms with Gasteiger partial charge in [0.1, 0.15) is 0 Å². The van der Waals surface area contributed by atoms with Crippen LogP contribution in [0.4, 0.5) is 0 Å². The van der Waals surface area contributed by atoms with E-state index in [2.05, 4.69) is 29.1 Å². The Bertz CT molecular complexity index is 235. The summed E-state index contributed by atoms with van der Waals surface area (Å²) < 4.78 is 5.91. The first-order chi connectivity index (χ1) is 8.81. The summed E-state index contributed by atoms with van der Waals surface area (Å²) in [4.78, 5) is 5.11. The molecule has 2 unspecified atom stereocenters. The lowest BCUT2D eigenvalue weighted by molar-refractivity contribution is -0.0461. The zero-order valence-electron chi connectivity index (χ0n) is 12.0. The van der Waals surface area contributed by atoms with E-state index in [1.165, 1.54) is 25.9 Å². The lowest BCUT2D eigenvalue weighted by Crippen LogP contribution is -2.49. The summed E-state index contributed by atoms with van der Waals surface area (Å²) in [6, 6.07) is 0. The first-order valence-corrected chi connectivity index (χ1v) is 7.52. The third kappa shape index (κ3) is 4.19. The molecule has 18 heavy (non-hydrogen) atoms. The second kappa shape index (κ2) is 7.43. The predicted octanol–water partition coefficient (Wildman–Crippen LogP) is 0.639. The highest BCUT2D eigenvalue weighted by Gasteiger charge is 2.25. The number of hydrogen-bond donors (Lipinski definition) is 1. The molecule has 2 aliphatic rings. The molecule has 4 heteroatoms. The maximum atomic E-state index is 5.91. The summed E-state index contributed by atoms with van der Waals surface area (Å²) in [5.41, 5.74) is 0. The van der Waals surface area contributed by atoms with Crippen molar-refractivity contribution in [3.63, 3.8) is 0 Å². The Kier molecular flexibility index (Phi) is 5.89. The Labute approximate surface area is 112 Å². The van der Waals surface area contributed by atoms with E-state index in [1.54, 1.807) is 0 Å². The van der Waals surface area contributed by atoms with Gasteiger partial charge in [0, 0.05) is 26.2 Å². The quantitative estimate of drug-likeness (QED) is 0.780. The average Bonchev–Trinajstić information content (AvgIpc) is 2.40. The van der Waals surface area contributed by atoms with Crippen molar-refractivity contribution in [2.24, 2.45) is 5.92 Å². The van der Waals surface area contributed by atoms with Crippen LogP contribution in [0.1, 0.15) is 19.8 Å². The minimum Gasteiger partial charge on any atom is -0.374 e. The number of hydrogen-bond acceptors (Lipinski definition) is 4. The van der Waals surface area contributed by atoms with E-state index in [0.717, 1.165) is 45.2 Å². The van der Waals surface area contributed by atoms with Crippen molar-refractivity contribution in [2.75, 3.05) is 59.5 Å². The molecule has 0 aromatic heterocycles. The lowest BCUT2D eigenvalue weighted by Gasteiger charge is -2.38. The second-order valence-electron chi connectivity index (χ2n) is 5.71. The molecule has 0 spiro atoms. The second-order valence-corrected chi connectivity index (χ2v) is 5.71. The molecule has 2 rings (SSSR count). The molecule has 2 aliphatic heterocycles. The highest BCUT2D eigenvalue weighted by atomic mass is 16.5. The number of likely N-dealkylation sites (N-methyl/N-ethyl adjacent to an activating group) is 1. The molecule has 1 N–H and O–H groups in total. The molecule has 2 heterocycles. The normalized spacial score (nSPS) is 31.7. The van der Waals surface area contributed by atoms with Crippen LogP contribution in [-0.2, 0) is 4.74 Å². The summed E-state index contributed by atoms with van der Waals surface area (Å²) in [5.74, 6) is 0.828. The Hall–Kier alpha value is -0.160. The maximum Gasteiger partial charge on any atom is 0.0829 e. The topological polar surface area (TPSA) is 27.7 Å². The highest BCUT2D eigenvalue weighted by molar-refractivity contribution is 4.79. The number of rotatable bonds is 5. The van der Waals surface area contributed by atoms with Crippen LogP contribution < -0.4 is 5.32 Å². The summed E-state index contributed by atoms with van der Waals surface area (Å²) >= 11 is 0. The molecule has 0 radical (unpaired) electrons. The SMILES string of the molecule is CCN1CCOC(CN2CCCC(CNC)C2)C1. The van der Waals surface area contributed by atoms with Gasteiger partial charge in [0.2, 0.25) is 0 Å². The van der Waals surface area contributed by atoms with E-state index in [-0.39, 0.29) is 0 Å². The molecule has 0 aromatic rings. The fourth-order valence-electron chi connectivity index (χ4n) is 3.24. The van der Waals surface area contributed by atoms with Gasteiger partial charge in [-0.25, -0.2) is 0 Å². The monoisotopic (exact) mass is 255 g/mol. The minimum absolute atomic E-state index is 0.423. The van der Waals surface area contributed by atoms with Crippen molar-refractivity contribution >= 4 is 0 Å². The number of nitrogens with zero attached hydrogens (tertiary/aromatic N) is 2. The summed E-state index contributed by atoms with van der Waals surface area (Å²) in [6.07, 6.45) is 3.15. The fourth-order valence-corrected chi connectivity index (χ4v) is 3.24. The minimum atomic E-state index is 0.423. The molecule has 4 nitrogen and oxygen atoms in total. The number of piperidine rings is 1. The van der Waals surface area contributed by atoms with E-state index in [9.17, 15) is 0 Å². The van der Waals surface area contributed by atoms with Gasteiger partial charge in [-0.05, 0) is 45.4 Å². The molecular weight excluding hydrogens is 226 g/mol. The number of ether oxygens (including phenoxy) is 1. The average molecular weight is 255 g/mol. The van der Waals surface area contributed by atoms with Crippen LogP contribution in [0.5, 0.6) is 0 Å². The molecule has 2 fully saturated rings. The Balaban J connectivity index is 1.74. The number of morpholine rings is 1. The van der Waals surface area contributed by atoms with Gasteiger partial charge in [-0.15, -0.1) is 0 Å². The summed E-state index contributed by atoms with van der Waals surface area (Å²) in [6.45, 7) is 11.3. The van der Waals surface area contributed by atoms with Crippen LogP contribution in [0.3, 0.4) is 0 Å². The van der Waals surface area contributed by atoms with Crippen molar-refractivity contribution in [1.29, 1.82) is 0 Å². The van der Waals surface area contributed by atoms with Crippen LogP contribution >= 0.6 is 0 Å². The number of nitrogens with one attached hydrogen (secondary N) is 1. The van der Waals surface area contributed by atoms with Gasteiger partial charge in [-0.2, -0.15) is 0 Å². The van der Waals surface area contributed by atoms with E-state index in [4.69, 9.17) is 4.74 Å². The molecule has 0 aliphatic carbocycles. The van der Waals surface area contributed by atoms with Crippen LogP contribution in [0.25, 0.3) is 0 Å². The van der Waals surface area contributed by atoms with Gasteiger partial charge in [0.25, 0.3) is 0 Å². The van der Waals surface area contributed by atoms with Gasteiger partial charge in [0.15, 0.2) is 0 Å². The Morgan fingerprint density at radius 2 is 2.11 bits per heavy atom. The van der Waals surface area contributed by atoms with E-state index in [1.807, 2.05) is 0 Å². The molecule has 0 aromatic carbocycles. The van der Waals surface area contributed by atoms with Crippen molar-refractivity contribution in [3.8, 4) is 0 Å². The lowest BCUT2D eigenvalue weighted by atomic mass is 9.97. The van der Waals surface area contributed by atoms with Gasteiger partial charge in [-0.1, -0.05) is 6.92 Å². The molecule has 2 saturated heterocycles. The number of likely N-dealkylation sites (tertiary alicyclic amines) is 1. The van der Waals surface area contributed by atoms with Gasteiger partial charge >= 0.3 is 0 Å². The molecule has 0 saturated carbocycles. The Morgan fingerprint density at radius 3 is 2.89 bits per heavy atom. The summed E-state index contributed by atoms with van der Waals surface area (Å²) in [5, 5.41) is 3.31. The highest BCUT2D eigenvalue weighted by Crippen LogP contribution is 2.17. The maximum absolute atomic E-state index is 5.91. The van der Waals surface area contributed by atoms with E-state index in [0.29, 0.717) is 6.10 Å². The molecular formula is C14H29N3O. The van der Waals surface area contributed by atoms with Gasteiger partial charge in [0.05, 0.1) is 12.7 Å². The van der Waals surface area contributed by atoms with Gasteiger partial charge < -0.3 is 15.0 Å². The standard InChI is InChI=1S/C14H29N3O/c1-3-16-7-8-18-14(11-16)12-17-6-4-5-13(10-17)9-15-2/h13-15H,3-12H2,1-2H3. The first-order valence-electron chi connectivity index (χ1n) is 7.52. The van der Waals surface area contributed by atoms with Crippen LogP contribution in [-0.4, -0.2) is 75.4 Å². The summed E-state index contributed by atoms with van der Waals surface area (Å²) in [7, 11) is 2.06. The first kappa shape index (κ1) is 14.3. The van der Waals surface area contributed by atoms with Crippen molar-refractivity contribution in [1.82, 2.24) is 15.1 Å². The predicted molar refractivity (Wildman–Crippen MR) is 74.9 cm³/mol. The van der Waals surface area contributed by atoms with Crippen molar-refractivity contribution < 1.29 is 4.74 Å². The molecule has 106 valence electrons. The zero-order valence-corrected chi connectivity index (χ0v) is 12.0. The third-order valence-corrected chi connectivity index (χ3v) is 4.23. The fraction of sp³-hybridized carbons (Fsp3) is 1.00. The van der Waals surface area contributed by atoms with Crippen molar-refractivity contribution in [3.05, 3.63) is 0 Å². The van der Waals surface area contributed by atoms with Gasteiger partial charge in [-0.3, -0.25) is 4.90 Å². The van der Waals surface area contributed by atoms with E-state index >= 15 is 0 Å². The van der Waals surface area contributed by atoms with E-state index < -0.39 is 0 Å². The smallest absolute Gasteiger partial charge is 0.0829 e. The van der Waals surface area contributed by atoms with Crippen LogP contribution in [0.2, 0.25) is 0 Å². The molecule has 0 bridgehead atoms. The third-order valence-electron chi connectivity index (χ3n) is 4.23. The van der Waals surface area contributed by atoms with Crippen molar-refractivity contribution in [2.45, 2.75) is 25.9 Å². The van der Waals surface area contributed by atoms with Crippen LogP contribution in [0, 0.1) is 5.92 Å². The largest absolute Gasteiger partial charge is 0.374 e. The van der Waals surface area contributed by atoms with Crippen LogP contribution in [0.15, 0.2) is 0 Å². The zero-order chi connectivity index (χ0) is 12.8. The molecule has 2 atom stereocenters. The Morgan fingerprint density at radius 1 is 1.22 bits per heavy atom.